The van der Waals surface area contributed by atoms with Crippen LogP contribution in [0.3, 0.4) is 0 Å². The molecule has 0 atom stereocenters. The van der Waals surface area contributed by atoms with Crippen molar-refractivity contribution in [3.63, 3.8) is 0 Å². The van der Waals surface area contributed by atoms with E-state index < -0.39 is 5.60 Å². The normalized spacial score (nSPS) is 14.7. The van der Waals surface area contributed by atoms with E-state index in [2.05, 4.69) is 4.99 Å². The fraction of sp³-hybridized carbons (Fsp3) is 0.435. The molecule has 2 N–H and O–H groups in total. The minimum Gasteiger partial charge on any atom is -0.444 e. The number of piperazine rings is 1. The van der Waals surface area contributed by atoms with Crippen LogP contribution in [0.15, 0.2) is 58.4 Å². The Morgan fingerprint density at radius 3 is 2.19 bits per heavy atom. The van der Waals surface area contributed by atoms with Crippen molar-refractivity contribution in [2.75, 3.05) is 26.2 Å². The number of benzene rings is 1. The minimum absolute atomic E-state index is 0. The molecule has 0 saturated carbocycles. The Morgan fingerprint density at radius 1 is 1.00 bits per heavy atom. The lowest BCUT2D eigenvalue weighted by atomic mass is 10.1. The van der Waals surface area contributed by atoms with Crippen LogP contribution in [0.4, 0.5) is 4.79 Å². The Bertz CT molecular complexity index is 974. The van der Waals surface area contributed by atoms with Crippen LogP contribution in [0, 0.1) is 0 Å². The number of pyridine rings is 1. The third-order valence-electron chi connectivity index (χ3n) is 4.95. The summed E-state index contributed by atoms with van der Waals surface area (Å²) in [7, 11) is 0. The molecule has 1 aromatic heterocycles. The van der Waals surface area contributed by atoms with E-state index in [1.807, 2.05) is 56.0 Å². The third kappa shape index (κ3) is 7.54. The van der Waals surface area contributed by atoms with Crippen molar-refractivity contribution < 1.29 is 9.53 Å². The summed E-state index contributed by atoms with van der Waals surface area (Å²) in [4.78, 5) is 32.2. The molecular formula is C23H32IN5O3. The molecule has 1 aromatic carbocycles. The Balaban J connectivity index is 0.00000363. The molecule has 0 aliphatic carbocycles. The second-order valence-corrected chi connectivity index (χ2v) is 8.61. The monoisotopic (exact) mass is 553 g/mol. The molecule has 1 amide bonds. The maximum Gasteiger partial charge on any atom is 0.410 e. The molecule has 1 aliphatic heterocycles. The van der Waals surface area contributed by atoms with Crippen LogP contribution in [0.5, 0.6) is 0 Å². The fourth-order valence-electron chi connectivity index (χ4n) is 3.25. The Morgan fingerprint density at radius 2 is 1.59 bits per heavy atom. The standard InChI is InChI=1S/C23H31N5O3.HI/c1-23(2,3)31-22(30)27-14-12-26(13-15-27)21(24)25-16-18-7-9-19(10-8-18)17-28-11-5-4-6-20(28)29;/h4-11H,12-17H2,1-3H3,(H2,24,25);1H. The van der Waals surface area contributed by atoms with Crippen LogP contribution >= 0.6 is 24.0 Å². The number of carbonyl (C=O) groups is 1. The molecule has 1 aliphatic rings. The summed E-state index contributed by atoms with van der Waals surface area (Å²) < 4.78 is 7.09. The van der Waals surface area contributed by atoms with Gasteiger partial charge >= 0.3 is 6.09 Å². The molecule has 9 heteroatoms. The summed E-state index contributed by atoms with van der Waals surface area (Å²) in [5.41, 5.74) is 7.74. The summed E-state index contributed by atoms with van der Waals surface area (Å²) in [6.45, 7) is 8.95. The van der Waals surface area contributed by atoms with Gasteiger partial charge in [-0.3, -0.25) is 4.79 Å². The van der Waals surface area contributed by atoms with Crippen LogP contribution < -0.4 is 11.3 Å². The van der Waals surface area contributed by atoms with Crippen LogP contribution in [-0.4, -0.2) is 58.2 Å². The topological polar surface area (TPSA) is 93.2 Å². The van der Waals surface area contributed by atoms with Crippen LogP contribution in [0.2, 0.25) is 0 Å². The number of amides is 1. The highest BCUT2D eigenvalue weighted by atomic mass is 127. The van der Waals surface area contributed by atoms with Crippen molar-refractivity contribution in [3.8, 4) is 0 Å². The number of carbonyl (C=O) groups excluding carboxylic acids is 1. The molecule has 0 spiro atoms. The number of nitrogens with two attached hydrogens (primary N) is 1. The molecule has 1 saturated heterocycles. The van der Waals surface area contributed by atoms with E-state index in [1.165, 1.54) is 0 Å². The predicted molar refractivity (Wildman–Crippen MR) is 136 cm³/mol. The summed E-state index contributed by atoms with van der Waals surface area (Å²) in [5, 5.41) is 0. The van der Waals surface area contributed by atoms with E-state index in [-0.39, 0.29) is 35.6 Å². The molecule has 2 heterocycles. The first-order valence-electron chi connectivity index (χ1n) is 10.5. The molecule has 0 bridgehead atoms. The number of aliphatic imine (C=N–C) groups is 1. The molecular weight excluding hydrogens is 521 g/mol. The lowest BCUT2D eigenvalue weighted by Crippen LogP contribution is -2.53. The smallest absolute Gasteiger partial charge is 0.410 e. The third-order valence-corrected chi connectivity index (χ3v) is 4.95. The lowest BCUT2D eigenvalue weighted by molar-refractivity contribution is 0.0186. The highest BCUT2D eigenvalue weighted by Crippen LogP contribution is 2.12. The van der Waals surface area contributed by atoms with Crippen LogP contribution in [0.1, 0.15) is 31.9 Å². The average molecular weight is 553 g/mol. The summed E-state index contributed by atoms with van der Waals surface area (Å²) in [5.74, 6) is 0.476. The van der Waals surface area contributed by atoms with Gasteiger partial charge in [0.05, 0.1) is 13.1 Å². The largest absolute Gasteiger partial charge is 0.444 e. The van der Waals surface area contributed by atoms with Crippen molar-refractivity contribution in [2.45, 2.75) is 39.5 Å². The van der Waals surface area contributed by atoms with Gasteiger partial charge in [-0.2, -0.15) is 0 Å². The number of nitrogens with zero attached hydrogens (tertiary/aromatic N) is 4. The molecule has 2 aromatic rings. The highest BCUT2D eigenvalue weighted by Gasteiger charge is 2.26. The SMILES string of the molecule is CC(C)(C)OC(=O)N1CCN(C(N)=NCc2ccc(Cn3ccccc3=O)cc2)CC1.I. The van der Waals surface area contributed by atoms with E-state index in [9.17, 15) is 9.59 Å². The second-order valence-electron chi connectivity index (χ2n) is 8.61. The van der Waals surface area contributed by atoms with Gasteiger partial charge in [-0.15, -0.1) is 24.0 Å². The van der Waals surface area contributed by atoms with E-state index in [1.54, 1.807) is 27.8 Å². The zero-order valence-corrected chi connectivity index (χ0v) is 21.2. The minimum atomic E-state index is -0.499. The van der Waals surface area contributed by atoms with Crippen molar-refractivity contribution in [1.82, 2.24) is 14.4 Å². The Kier molecular flexibility index (Phi) is 9.11. The number of guanidine groups is 1. The van der Waals surface area contributed by atoms with Crippen LogP contribution in [0.25, 0.3) is 0 Å². The number of aromatic nitrogens is 1. The van der Waals surface area contributed by atoms with E-state index in [0.29, 0.717) is 45.2 Å². The van der Waals surface area contributed by atoms with E-state index >= 15 is 0 Å². The number of hydrogen-bond donors (Lipinski definition) is 1. The second kappa shape index (κ2) is 11.3. The molecule has 174 valence electrons. The first-order chi connectivity index (χ1) is 14.7. The maximum absolute atomic E-state index is 12.2. The van der Waals surface area contributed by atoms with E-state index in [0.717, 1.165) is 11.1 Å². The zero-order chi connectivity index (χ0) is 22.4. The number of ether oxygens (including phenoxy) is 1. The van der Waals surface area contributed by atoms with Gasteiger partial charge in [0, 0.05) is 38.4 Å². The van der Waals surface area contributed by atoms with Gasteiger partial charge in [0.25, 0.3) is 5.56 Å². The molecule has 3 rings (SSSR count). The van der Waals surface area contributed by atoms with Gasteiger partial charge in [-0.05, 0) is 38.0 Å². The first-order valence-corrected chi connectivity index (χ1v) is 10.5. The van der Waals surface area contributed by atoms with Gasteiger partial charge in [0.2, 0.25) is 0 Å². The molecule has 32 heavy (non-hydrogen) atoms. The number of hydrogen-bond acceptors (Lipinski definition) is 4. The summed E-state index contributed by atoms with van der Waals surface area (Å²) in [6.07, 6.45) is 1.49. The molecule has 0 unspecified atom stereocenters. The first kappa shape index (κ1) is 25.7. The summed E-state index contributed by atoms with van der Waals surface area (Å²) >= 11 is 0. The lowest BCUT2D eigenvalue weighted by Gasteiger charge is -2.36. The maximum atomic E-state index is 12.2. The van der Waals surface area contributed by atoms with Crippen molar-refractivity contribution in [2.24, 2.45) is 10.7 Å². The number of halogens is 1. The van der Waals surface area contributed by atoms with E-state index in [4.69, 9.17) is 10.5 Å². The van der Waals surface area contributed by atoms with Crippen molar-refractivity contribution >= 4 is 36.0 Å². The quantitative estimate of drug-likeness (QED) is 0.357. The Hall–Kier alpha value is -2.56. The van der Waals surface area contributed by atoms with Crippen LogP contribution in [-0.2, 0) is 17.8 Å². The van der Waals surface area contributed by atoms with Gasteiger partial charge in [0.15, 0.2) is 5.96 Å². The van der Waals surface area contributed by atoms with Gasteiger partial charge in [-0.25, -0.2) is 9.79 Å². The molecule has 8 nitrogen and oxygen atoms in total. The Labute approximate surface area is 206 Å². The fourth-order valence-corrected chi connectivity index (χ4v) is 3.25. The van der Waals surface area contributed by atoms with Gasteiger partial charge < -0.3 is 24.8 Å². The van der Waals surface area contributed by atoms with Crippen molar-refractivity contribution in [3.05, 3.63) is 70.1 Å². The predicted octanol–water partition coefficient (Wildman–Crippen LogP) is 2.88. The highest BCUT2D eigenvalue weighted by molar-refractivity contribution is 14.0. The molecule has 1 fully saturated rings. The van der Waals surface area contributed by atoms with Crippen molar-refractivity contribution in [1.29, 1.82) is 0 Å². The average Bonchev–Trinajstić information content (AvgIpc) is 2.73. The van der Waals surface area contributed by atoms with Gasteiger partial charge in [0.1, 0.15) is 5.60 Å². The zero-order valence-electron chi connectivity index (χ0n) is 18.9. The number of rotatable bonds is 4. The summed E-state index contributed by atoms with van der Waals surface area (Å²) in [6, 6.07) is 13.1. The molecule has 0 radical (unpaired) electrons. The van der Waals surface area contributed by atoms with Gasteiger partial charge in [-0.1, -0.05) is 30.3 Å².